The van der Waals surface area contributed by atoms with Gasteiger partial charge in [0.25, 0.3) is 0 Å². The predicted octanol–water partition coefficient (Wildman–Crippen LogP) is 7.96. The smallest absolute Gasteiger partial charge is 0.0633 e. The summed E-state index contributed by atoms with van der Waals surface area (Å²) in [5.74, 6) is 0. The van der Waals surface area contributed by atoms with Gasteiger partial charge in [-0.1, -0.05) is 86.4 Å². The van der Waals surface area contributed by atoms with Gasteiger partial charge < -0.3 is 4.99 Å². The van der Waals surface area contributed by atoms with Gasteiger partial charge in [0.05, 0.1) is 5.69 Å². The molecule has 170 valence electrons. The molecule has 3 aromatic carbocycles. The molecule has 0 aliphatic heterocycles. The van der Waals surface area contributed by atoms with Gasteiger partial charge in [-0.05, 0) is 41.5 Å². The summed E-state index contributed by atoms with van der Waals surface area (Å²) in [7, 11) is 0. The predicted molar refractivity (Wildman–Crippen MR) is 138 cm³/mol. The number of hydrogen-bond donors (Lipinski definition) is 0. The Bertz CT molecular complexity index is 1200. The number of benzene rings is 3. The Kier molecular flexibility index (Phi) is 9.72. The molecule has 4 rings (SSSR count). The molecule has 33 heavy (non-hydrogen) atoms. The van der Waals surface area contributed by atoms with Crippen LogP contribution in [0.3, 0.4) is 0 Å². The van der Waals surface area contributed by atoms with Crippen molar-refractivity contribution < 1.29 is 17.1 Å². The zero-order chi connectivity index (χ0) is 23.0. The molecule has 4 heteroatoms. The van der Waals surface area contributed by atoms with Crippen molar-refractivity contribution in [3.05, 3.63) is 102 Å². The van der Waals surface area contributed by atoms with E-state index in [0.29, 0.717) is 0 Å². The van der Waals surface area contributed by atoms with Crippen molar-refractivity contribution in [3.63, 3.8) is 0 Å². The van der Waals surface area contributed by atoms with Crippen LogP contribution in [-0.4, -0.2) is 16.9 Å². The zero-order valence-corrected chi connectivity index (χ0v) is 21.0. The molecule has 4 aromatic rings. The number of aliphatic imine (C=N–C) groups is 2. The van der Waals surface area contributed by atoms with Crippen molar-refractivity contribution in [2.45, 2.75) is 40.0 Å². The SMILES string of the molecule is CC(=Nc1ccc(C(C)(C)C)cc1)c1cccnc1.C[C-]=Nc1cccc2ccccc12.[Fe]. The second-order valence-corrected chi connectivity index (χ2v) is 8.57. The molecule has 0 radical (unpaired) electrons. The Hall–Kier alpha value is -3.07. The van der Waals surface area contributed by atoms with Crippen molar-refractivity contribution >= 4 is 34.1 Å². The van der Waals surface area contributed by atoms with Crippen LogP contribution in [0, 0.1) is 0 Å². The molecule has 0 spiro atoms. The van der Waals surface area contributed by atoms with E-state index in [9.17, 15) is 0 Å². The van der Waals surface area contributed by atoms with Gasteiger partial charge in [-0.3, -0.25) is 9.98 Å². The first-order valence-corrected chi connectivity index (χ1v) is 10.8. The van der Waals surface area contributed by atoms with Crippen molar-refractivity contribution in [1.29, 1.82) is 0 Å². The van der Waals surface area contributed by atoms with Gasteiger partial charge >= 0.3 is 0 Å². The summed E-state index contributed by atoms with van der Waals surface area (Å²) in [5, 5.41) is 2.40. The Labute approximate surface area is 208 Å². The van der Waals surface area contributed by atoms with Crippen LogP contribution < -0.4 is 0 Å². The Balaban J connectivity index is 0.000000241. The fraction of sp³-hybridized carbons (Fsp3) is 0.207. The van der Waals surface area contributed by atoms with Gasteiger partial charge in [-0.2, -0.15) is 6.21 Å². The minimum absolute atomic E-state index is 0. The molecule has 1 heterocycles. The maximum atomic E-state index is 4.63. The minimum Gasteiger partial charge on any atom is -0.456 e. The van der Waals surface area contributed by atoms with Gasteiger partial charge in [0.2, 0.25) is 0 Å². The number of pyridine rings is 1. The van der Waals surface area contributed by atoms with Crippen molar-refractivity contribution in [3.8, 4) is 0 Å². The molecule has 1 aromatic heterocycles. The first-order valence-electron chi connectivity index (χ1n) is 10.8. The van der Waals surface area contributed by atoms with E-state index in [4.69, 9.17) is 0 Å². The average molecular weight is 476 g/mol. The van der Waals surface area contributed by atoms with Gasteiger partial charge in [0.15, 0.2) is 0 Å². The molecule has 0 atom stereocenters. The molecule has 0 amide bonds. The third-order valence-electron chi connectivity index (χ3n) is 5.11. The summed E-state index contributed by atoms with van der Waals surface area (Å²) in [5.41, 5.74) is 5.51. The molecule has 3 nitrogen and oxygen atoms in total. The van der Waals surface area contributed by atoms with E-state index in [1.807, 2.05) is 56.4 Å². The average Bonchev–Trinajstić information content (AvgIpc) is 2.80. The molecular weight excluding hydrogens is 446 g/mol. The van der Waals surface area contributed by atoms with Crippen molar-refractivity contribution in [2.24, 2.45) is 9.98 Å². The normalized spacial score (nSPS) is 11.6. The zero-order valence-electron chi connectivity index (χ0n) is 19.9. The molecule has 0 N–H and O–H groups in total. The topological polar surface area (TPSA) is 37.6 Å². The van der Waals surface area contributed by atoms with E-state index in [0.717, 1.165) is 22.6 Å². The fourth-order valence-electron chi connectivity index (χ4n) is 3.30. The van der Waals surface area contributed by atoms with Crippen LogP contribution in [0.1, 0.15) is 45.7 Å². The first kappa shape index (κ1) is 26.2. The largest absolute Gasteiger partial charge is 0.456 e. The molecule has 0 aliphatic carbocycles. The molecule has 0 unspecified atom stereocenters. The molecular formula is C29H30FeN3-. The van der Waals surface area contributed by atoms with Crippen LogP contribution in [0.15, 0.2) is 101 Å². The summed E-state index contributed by atoms with van der Waals surface area (Å²) in [6.07, 6.45) is 6.41. The quantitative estimate of drug-likeness (QED) is 0.168. The molecule has 0 saturated heterocycles. The van der Waals surface area contributed by atoms with E-state index in [2.05, 4.69) is 84.4 Å². The summed E-state index contributed by atoms with van der Waals surface area (Å²) in [6, 6.07) is 26.7. The summed E-state index contributed by atoms with van der Waals surface area (Å²) >= 11 is 0. The van der Waals surface area contributed by atoms with E-state index in [1.165, 1.54) is 16.3 Å². The van der Waals surface area contributed by atoms with Gasteiger partial charge in [-0.25, -0.2) is 0 Å². The summed E-state index contributed by atoms with van der Waals surface area (Å²) < 4.78 is 0. The summed E-state index contributed by atoms with van der Waals surface area (Å²) in [4.78, 5) is 12.9. The van der Waals surface area contributed by atoms with Crippen LogP contribution in [0.5, 0.6) is 0 Å². The molecule has 0 aliphatic rings. The number of aromatic nitrogens is 1. The first-order chi connectivity index (χ1) is 15.4. The Morgan fingerprint density at radius 3 is 2.18 bits per heavy atom. The molecule has 0 fully saturated rings. The van der Waals surface area contributed by atoms with E-state index in [1.54, 1.807) is 6.20 Å². The van der Waals surface area contributed by atoms with Crippen molar-refractivity contribution in [2.75, 3.05) is 0 Å². The third-order valence-corrected chi connectivity index (χ3v) is 5.11. The van der Waals surface area contributed by atoms with Crippen molar-refractivity contribution in [1.82, 2.24) is 4.98 Å². The van der Waals surface area contributed by atoms with Gasteiger partial charge in [0, 0.05) is 40.7 Å². The van der Waals surface area contributed by atoms with E-state index >= 15 is 0 Å². The maximum Gasteiger partial charge on any atom is 0.0633 e. The fourth-order valence-corrected chi connectivity index (χ4v) is 3.30. The number of nitrogens with zero attached hydrogens (tertiary/aromatic N) is 3. The monoisotopic (exact) mass is 476 g/mol. The minimum atomic E-state index is 0. The third kappa shape index (κ3) is 7.49. The number of hydrogen-bond acceptors (Lipinski definition) is 3. The Morgan fingerprint density at radius 1 is 0.848 bits per heavy atom. The summed E-state index contributed by atoms with van der Waals surface area (Å²) in [6.45, 7) is 10.5. The van der Waals surface area contributed by atoms with Crippen LogP contribution in [0.25, 0.3) is 10.8 Å². The second-order valence-electron chi connectivity index (χ2n) is 8.57. The van der Waals surface area contributed by atoms with Crippen LogP contribution >= 0.6 is 0 Å². The van der Waals surface area contributed by atoms with Crippen LogP contribution in [-0.2, 0) is 22.5 Å². The van der Waals surface area contributed by atoms with Crippen LogP contribution in [0.4, 0.5) is 11.4 Å². The number of fused-ring (bicyclic) bond motifs is 1. The van der Waals surface area contributed by atoms with Gasteiger partial charge in [-0.15, -0.1) is 13.0 Å². The maximum absolute atomic E-state index is 4.63. The standard InChI is InChI=1S/C17H20N2.C12H10N.Fe/c1-13(14-6-5-11-18-12-14)19-16-9-7-15(8-10-16)17(2,3)4;1-2-13-12-9-5-7-10-6-3-4-8-11(10)12;/h5-12H,1-4H3;3-9H,1H3;/q;-1;. The van der Waals surface area contributed by atoms with E-state index < -0.39 is 0 Å². The number of rotatable bonds is 3. The second kappa shape index (κ2) is 12.2. The molecule has 0 saturated carbocycles. The molecule has 0 bridgehead atoms. The van der Waals surface area contributed by atoms with Crippen LogP contribution in [0.2, 0.25) is 0 Å². The van der Waals surface area contributed by atoms with Gasteiger partial charge in [0.1, 0.15) is 0 Å². The Morgan fingerprint density at radius 2 is 1.55 bits per heavy atom. The van der Waals surface area contributed by atoms with E-state index in [-0.39, 0.29) is 22.5 Å².